The first-order valence-electron chi connectivity index (χ1n) is 7.07. The second-order valence-corrected chi connectivity index (χ2v) is 6.56. The number of nitrogens with zero attached hydrogens (tertiary/aromatic N) is 2. The minimum atomic E-state index is -0.0580. The number of aromatic nitrogens is 1. The van der Waals surface area contributed by atoms with E-state index in [1.165, 1.54) is 5.56 Å². The minimum Gasteiger partial charge on any atom is -0.393 e. The minimum absolute atomic E-state index is 0.0580. The Balaban J connectivity index is 1.57. The van der Waals surface area contributed by atoms with Crippen LogP contribution in [0.25, 0.3) is 10.6 Å². The summed E-state index contributed by atoms with van der Waals surface area (Å²) in [5.74, 6) is 0.655. The topological polar surface area (TPSA) is 36.4 Å². The van der Waals surface area contributed by atoms with E-state index in [4.69, 9.17) is 4.98 Å². The highest BCUT2D eigenvalue weighted by Crippen LogP contribution is 2.28. The van der Waals surface area contributed by atoms with E-state index in [1.807, 2.05) is 18.2 Å². The Labute approximate surface area is 123 Å². The number of aliphatic hydroxyl groups is 1. The fourth-order valence-corrected chi connectivity index (χ4v) is 3.54. The number of rotatable bonds is 5. The monoisotopic (exact) mass is 288 g/mol. The number of hydrogen-bond donors (Lipinski definition) is 1. The summed E-state index contributed by atoms with van der Waals surface area (Å²) in [5, 5.41) is 12.6. The predicted octanol–water partition coefficient (Wildman–Crippen LogP) is 3.01. The van der Waals surface area contributed by atoms with Gasteiger partial charge in [0.25, 0.3) is 0 Å². The maximum absolute atomic E-state index is 9.32. The van der Waals surface area contributed by atoms with Gasteiger partial charge in [-0.2, -0.15) is 0 Å². The molecule has 1 aliphatic carbocycles. The second kappa shape index (κ2) is 6.04. The molecule has 1 heterocycles. The quantitative estimate of drug-likeness (QED) is 0.919. The Bertz CT molecular complexity index is 549. The SMILES string of the molecule is CN(Cc1csc(-c2ccccc2)n1)CC1CC(O)C1. The van der Waals surface area contributed by atoms with E-state index < -0.39 is 0 Å². The van der Waals surface area contributed by atoms with E-state index in [0.29, 0.717) is 5.92 Å². The van der Waals surface area contributed by atoms with Gasteiger partial charge in [0.15, 0.2) is 0 Å². The molecule has 0 aliphatic heterocycles. The van der Waals surface area contributed by atoms with Gasteiger partial charge in [-0.1, -0.05) is 30.3 Å². The predicted molar refractivity (Wildman–Crippen MR) is 82.6 cm³/mol. The molecule has 4 heteroatoms. The van der Waals surface area contributed by atoms with Crippen LogP contribution in [0.4, 0.5) is 0 Å². The Morgan fingerprint density at radius 2 is 2.05 bits per heavy atom. The summed E-state index contributed by atoms with van der Waals surface area (Å²) < 4.78 is 0. The molecule has 3 nitrogen and oxygen atoms in total. The zero-order valence-corrected chi connectivity index (χ0v) is 12.5. The largest absolute Gasteiger partial charge is 0.393 e. The third kappa shape index (κ3) is 3.26. The summed E-state index contributed by atoms with van der Waals surface area (Å²) in [4.78, 5) is 7.02. The molecule has 0 radical (unpaired) electrons. The summed E-state index contributed by atoms with van der Waals surface area (Å²) >= 11 is 1.71. The third-order valence-electron chi connectivity index (χ3n) is 3.79. The molecule has 20 heavy (non-hydrogen) atoms. The van der Waals surface area contributed by atoms with Crippen LogP contribution in [-0.2, 0) is 6.54 Å². The summed E-state index contributed by atoms with van der Waals surface area (Å²) in [7, 11) is 2.13. The highest BCUT2D eigenvalue weighted by Gasteiger charge is 2.27. The molecule has 1 saturated carbocycles. The lowest BCUT2D eigenvalue weighted by molar-refractivity contribution is 0.0272. The van der Waals surface area contributed by atoms with E-state index in [2.05, 4.69) is 29.5 Å². The zero-order chi connectivity index (χ0) is 13.9. The van der Waals surface area contributed by atoms with E-state index in [0.717, 1.165) is 36.6 Å². The molecule has 1 aromatic heterocycles. The van der Waals surface area contributed by atoms with Crippen molar-refractivity contribution in [1.29, 1.82) is 0 Å². The van der Waals surface area contributed by atoms with Crippen LogP contribution in [0, 0.1) is 5.92 Å². The van der Waals surface area contributed by atoms with Gasteiger partial charge in [0.05, 0.1) is 11.8 Å². The molecular weight excluding hydrogens is 268 g/mol. The van der Waals surface area contributed by atoms with Gasteiger partial charge in [0, 0.05) is 24.0 Å². The molecule has 1 N–H and O–H groups in total. The second-order valence-electron chi connectivity index (χ2n) is 5.70. The van der Waals surface area contributed by atoms with Crippen molar-refractivity contribution in [2.75, 3.05) is 13.6 Å². The highest BCUT2D eigenvalue weighted by atomic mass is 32.1. The van der Waals surface area contributed by atoms with Crippen molar-refractivity contribution in [2.24, 2.45) is 5.92 Å². The van der Waals surface area contributed by atoms with Gasteiger partial charge >= 0.3 is 0 Å². The molecule has 0 saturated heterocycles. The fraction of sp³-hybridized carbons (Fsp3) is 0.438. The van der Waals surface area contributed by atoms with Gasteiger partial charge in [0.2, 0.25) is 0 Å². The molecular formula is C16H20N2OS. The van der Waals surface area contributed by atoms with Crippen LogP contribution in [0.5, 0.6) is 0 Å². The molecule has 1 aliphatic rings. The van der Waals surface area contributed by atoms with Crippen LogP contribution in [-0.4, -0.2) is 34.7 Å². The highest BCUT2D eigenvalue weighted by molar-refractivity contribution is 7.13. The number of benzene rings is 1. The summed E-state index contributed by atoms with van der Waals surface area (Å²) in [6.45, 7) is 1.94. The van der Waals surface area contributed by atoms with Gasteiger partial charge in [-0.15, -0.1) is 11.3 Å². The average Bonchev–Trinajstić information content (AvgIpc) is 2.86. The van der Waals surface area contributed by atoms with Crippen LogP contribution in [0.15, 0.2) is 35.7 Å². The maximum Gasteiger partial charge on any atom is 0.123 e. The molecule has 0 unspecified atom stereocenters. The zero-order valence-electron chi connectivity index (χ0n) is 11.7. The lowest BCUT2D eigenvalue weighted by Gasteiger charge is -2.34. The summed E-state index contributed by atoms with van der Waals surface area (Å²) in [5.41, 5.74) is 2.32. The van der Waals surface area contributed by atoms with Gasteiger partial charge in [-0.05, 0) is 25.8 Å². The van der Waals surface area contributed by atoms with E-state index in [-0.39, 0.29) is 6.10 Å². The molecule has 0 amide bonds. The van der Waals surface area contributed by atoms with Gasteiger partial charge in [-0.25, -0.2) is 4.98 Å². The van der Waals surface area contributed by atoms with Crippen molar-refractivity contribution < 1.29 is 5.11 Å². The lowest BCUT2D eigenvalue weighted by atomic mass is 9.82. The van der Waals surface area contributed by atoms with Crippen LogP contribution >= 0.6 is 11.3 Å². The number of aliphatic hydroxyl groups excluding tert-OH is 1. The Morgan fingerprint density at radius 3 is 2.75 bits per heavy atom. The normalized spacial score (nSPS) is 21.9. The van der Waals surface area contributed by atoms with Crippen LogP contribution in [0.3, 0.4) is 0 Å². The van der Waals surface area contributed by atoms with E-state index in [1.54, 1.807) is 11.3 Å². The van der Waals surface area contributed by atoms with E-state index >= 15 is 0 Å². The van der Waals surface area contributed by atoms with E-state index in [9.17, 15) is 5.11 Å². The van der Waals surface area contributed by atoms with Gasteiger partial charge in [-0.3, -0.25) is 0 Å². The molecule has 106 valence electrons. The molecule has 3 rings (SSSR count). The average molecular weight is 288 g/mol. The first-order valence-corrected chi connectivity index (χ1v) is 7.95. The van der Waals surface area contributed by atoms with Crippen molar-refractivity contribution >= 4 is 11.3 Å². The van der Waals surface area contributed by atoms with Crippen molar-refractivity contribution in [3.8, 4) is 10.6 Å². The number of thiazole rings is 1. The standard InChI is InChI=1S/C16H20N2OS/c1-18(9-12-7-15(19)8-12)10-14-11-20-16(17-14)13-5-3-2-4-6-13/h2-6,11-12,15,19H,7-10H2,1H3. The molecule has 2 aromatic rings. The van der Waals surface area contributed by atoms with Gasteiger partial charge in [0.1, 0.15) is 5.01 Å². The molecule has 0 atom stereocenters. The molecule has 0 spiro atoms. The van der Waals surface area contributed by atoms with Crippen molar-refractivity contribution in [1.82, 2.24) is 9.88 Å². The third-order valence-corrected chi connectivity index (χ3v) is 4.73. The van der Waals surface area contributed by atoms with Crippen molar-refractivity contribution in [3.63, 3.8) is 0 Å². The van der Waals surface area contributed by atoms with Crippen molar-refractivity contribution in [2.45, 2.75) is 25.5 Å². The number of hydrogen-bond acceptors (Lipinski definition) is 4. The summed E-state index contributed by atoms with van der Waals surface area (Å²) in [6.07, 6.45) is 1.85. The van der Waals surface area contributed by atoms with Crippen LogP contribution in [0.2, 0.25) is 0 Å². The summed E-state index contributed by atoms with van der Waals surface area (Å²) in [6, 6.07) is 10.3. The Kier molecular flexibility index (Phi) is 4.15. The van der Waals surface area contributed by atoms with Crippen LogP contribution in [0.1, 0.15) is 18.5 Å². The lowest BCUT2D eigenvalue weighted by Crippen LogP contribution is -2.36. The first-order chi connectivity index (χ1) is 9.70. The molecule has 1 fully saturated rings. The van der Waals surface area contributed by atoms with Crippen molar-refractivity contribution in [3.05, 3.63) is 41.4 Å². The van der Waals surface area contributed by atoms with Gasteiger partial charge < -0.3 is 10.0 Å². The first kappa shape index (κ1) is 13.7. The molecule has 0 bridgehead atoms. The smallest absolute Gasteiger partial charge is 0.123 e. The Hall–Kier alpha value is -1.23. The fourth-order valence-electron chi connectivity index (χ4n) is 2.72. The maximum atomic E-state index is 9.32. The van der Waals surface area contributed by atoms with Crippen LogP contribution < -0.4 is 0 Å². The Morgan fingerprint density at radius 1 is 1.30 bits per heavy atom. The molecule has 1 aromatic carbocycles.